The van der Waals surface area contributed by atoms with Gasteiger partial charge in [0.1, 0.15) is 17.2 Å². The number of rotatable bonds is 10. The van der Waals surface area contributed by atoms with Gasteiger partial charge in [0, 0.05) is 27.5 Å². The van der Waals surface area contributed by atoms with E-state index in [4.69, 9.17) is 19.7 Å². The highest BCUT2D eigenvalue weighted by molar-refractivity contribution is 7.93. The number of anilines is 1. The Morgan fingerprint density at radius 2 is 1.70 bits per heavy atom. The Bertz CT molecular complexity index is 1480. The number of benzene rings is 2. The molecule has 200 valence electrons. The van der Waals surface area contributed by atoms with Crippen LogP contribution in [0, 0.1) is 0 Å². The maximum atomic E-state index is 12.8. The topological polar surface area (TPSA) is 174 Å². The minimum atomic E-state index is -5.81. The molecule has 2 rings (SSSR count). The molecule has 0 bridgehead atoms. The summed E-state index contributed by atoms with van der Waals surface area (Å²) < 4.78 is 103. The van der Waals surface area contributed by atoms with E-state index in [1.165, 1.54) is 37.1 Å². The molecule has 0 aliphatic carbocycles. The van der Waals surface area contributed by atoms with E-state index in [0.717, 1.165) is 25.3 Å². The zero-order valence-electron chi connectivity index (χ0n) is 19.3. The number of hydrogen-bond acceptors (Lipinski definition) is 8. The SMILES string of the molecule is COc1cc(OC)c(/C=C/S(=O)(=O)Cc2ccc(OC)c(NS(=O)(=O)C(F)(F)F)c2)c(C(=O)N=[N+]=[N-])c1. The van der Waals surface area contributed by atoms with Crippen molar-refractivity contribution in [3.63, 3.8) is 0 Å². The van der Waals surface area contributed by atoms with E-state index in [1.807, 2.05) is 0 Å². The molecule has 2 aromatic carbocycles. The number of hydrogen-bond donors (Lipinski definition) is 1. The number of azide groups is 1. The third-order valence-electron chi connectivity index (χ3n) is 4.56. The van der Waals surface area contributed by atoms with E-state index < -0.39 is 42.7 Å². The summed E-state index contributed by atoms with van der Waals surface area (Å²) in [5, 5.41) is 3.69. The van der Waals surface area contributed by atoms with Crippen molar-refractivity contribution in [2.24, 2.45) is 5.11 Å². The zero-order chi connectivity index (χ0) is 28.0. The summed E-state index contributed by atoms with van der Waals surface area (Å²) in [7, 11) is -6.34. The van der Waals surface area contributed by atoms with Crippen molar-refractivity contribution in [2.45, 2.75) is 11.3 Å². The van der Waals surface area contributed by atoms with Gasteiger partial charge in [0.15, 0.2) is 9.84 Å². The Balaban J connectivity index is 2.48. The van der Waals surface area contributed by atoms with E-state index in [-0.39, 0.29) is 33.9 Å². The summed E-state index contributed by atoms with van der Waals surface area (Å²) in [4.78, 5) is 14.7. The van der Waals surface area contributed by atoms with Crippen LogP contribution in [0.2, 0.25) is 0 Å². The van der Waals surface area contributed by atoms with Gasteiger partial charge in [0.2, 0.25) is 5.91 Å². The molecule has 17 heteroatoms. The lowest BCUT2D eigenvalue weighted by Crippen LogP contribution is -2.30. The Hall–Kier alpha value is -3.95. The predicted molar refractivity (Wildman–Crippen MR) is 126 cm³/mol. The molecule has 0 atom stereocenters. The van der Waals surface area contributed by atoms with Crippen LogP contribution in [0.25, 0.3) is 16.5 Å². The number of alkyl halides is 3. The standard InChI is InChI=1S/C20H19F3N4O8S2/c1-33-13-9-15(19(28)25-27-24)14(18(10-13)35-3)6-7-36(29,30)11-12-4-5-17(34-2)16(8-12)26-37(31,32)20(21,22)23/h4-10,26H,11H2,1-3H3/b7-6+. The van der Waals surface area contributed by atoms with Crippen molar-refractivity contribution in [3.05, 3.63) is 62.9 Å². The van der Waals surface area contributed by atoms with Crippen LogP contribution in [0.4, 0.5) is 18.9 Å². The Kier molecular flexibility index (Phi) is 9.03. The molecule has 37 heavy (non-hydrogen) atoms. The zero-order valence-corrected chi connectivity index (χ0v) is 20.9. The number of halogens is 3. The molecule has 0 fully saturated rings. The summed E-state index contributed by atoms with van der Waals surface area (Å²) in [5.74, 6) is -1.94. The molecule has 0 aromatic heterocycles. The minimum absolute atomic E-state index is 0.00980. The number of ether oxygens (including phenoxy) is 3. The third kappa shape index (κ3) is 7.28. The number of nitrogens with one attached hydrogen (secondary N) is 1. The number of amides is 1. The van der Waals surface area contributed by atoms with Gasteiger partial charge in [0.25, 0.3) is 0 Å². The van der Waals surface area contributed by atoms with Gasteiger partial charge in [-0.1, -0.05) is 6.07 Å². The lowest BCUT2D eigenvalue weighted by Gasteiger charge is -2.14. The van der Waals surface area contributed by atoms with Gasteiger partial charge in [-0.3, -0.25) is 9.52 Å². The van der Waals surface area contributed by atoms with Crippen molar-refractivity contribution in [1.82, 2.24) is 0 Å². The van der Waals surface area contributed by atoms with E-state index in [0.29, 0.717) is 5.41 Å². The van der Waals surface area contributed by atoms with E-state index >= 15 is 0 Å². The first-order chi connectivity index (χ1) is 17.2. The molecule has 2 aromatic rings. The number of sulfonamides is 1. The quantitative estimate of drug-likeness (QED) is 0.256. The van der Waals surface area contributed by atoms with Crippen LogP contribution >= 0.6 is 0 Å². The predicted octanol–water partition coefficient (Wildman–Crippen LogP) is 4.01. The van der Waals surface area contributed by atoms with Crippen molar-refractivity contribution in [3.8, 4) is 17.2 Å². The van der Waals surface area contributed by atoms with E-state index in [1.54, 1.807) is 0 Å². The van der Waals surface area contributed by atoms with Crippen LogP contribution in [0.1, 0.15) is 21.5 Å². The number of sulfone groups is 1. The second-order valence-electron chi connectivity index (χ2n) is 6.98. The molecule has 1 amide bonds. The summed E-state index contributed by atoms with van der Waals surface area (Å²) in [6, 6.07) is 5.72. The molecule has 0 radical (unpaired) electrons. The molecule has 0 unspecified atom stereocenters. The summed E-state index contributed by atoms with van der Waals surface area (Å²) in [6.07, 6.45) is 1.00. The van der Waals surface area contributed by atoms with Crippen LogP contribution in [-0.2, 0) is 25.6 Å². The van der Waals surface area contributed by atoms with Crippen LogP contribution in [-0.4, -0.2) is 49.6 Å². The van der Waals surface area contributed by atoms with Gasteiger partial charge >= 0.3 is 15.5 Å². The fraction of sp³-hybridized carbons (Fsp3) is 0.250. The van der Waals surface area contributed by atoms with Crippen molar-refractivity contribution in [1.29, 1.82) is 0 Å². The number of nitrogens with zero attached hydrogens (tertiary/aromatic N) is 3. The molecule has 0 aliphatic heterocycles. The lowest BCUT2D eigenvalue weighted by atomic mass is 10.1. The first kappa shape index (κ1) is 29.3. The number of methoxy groups -OCH3 is 3. The molecule has 0 saturated carbocycles. The van der Waals surface area contributed by atoms with Gasteiger partial charge in [0.05, 0.1) is 32.8 Å². The molecule has 0 spiro atoms. The molecular weight excluding hydrogens is 545 g/mol. The average molecular weight is 565 g/mol. The van der Waals surface area contributed by atoms with Crippen LogP contribution < -0.4 is 18.9 Å². The highest BCUT2D eigenvalue weighted by Gasteiger charge is 2.46. The van der Waals surface area contributed by atoms with Crippen molar-refractivity contribution < 1.29 is 49.0 Å². The Morgan fingerprint density at radius 3 is 2.24 bits per heavy atom. The third-order valence-corrected chi connectivity index (χ3v) is 6.94. The fourth-order valence-corrected chi connectivity index (χ4v) is 4.56. The van der Waals surface area contributed by atoms with Gasteiger partial charge in [-0.25, -0.2) is 8.42 Å². The lowest BCUT2D eigenvalue weighted by molar-refractivity contribution is -0.0429. The van der Waals surface area contributed by atoms with Crippen LogP contribution in [0.15, 0.2) is 40.9 Å². The second-order valence-corrected chi connectivity index (χ2v) is 10.5. The molecule has 12 nitrogen and oxygen atoms in total. The summed E-state index contributed by atoms with van der Waals surface area (Å²) in [5.41, 5.74) is 1.97. The molecular formula is C20H19F3N4O8S2. The largest absolute Gasteiger partial charge is 0.516 e. The van der Waals surface area contributed by atoms with Crippen LogP contribution in [0.3, 0.4) is 0 Å². The monoisotopic (exact) mass is 564 g/mol. The minimum Gasteiger partial charge on any atom is -0.497 e. The molecule has 0 aliphatic rings. The first-order valence-corrected chi connectivity index (χ1v) is 12.9. The van der Waals surface area contributed by atoms with Gasteiger partial charge in [-0.05, 0) is 40.5 Å². The Labute approximate surface area is 209 Å². The normalized spacial score (nSPS) is 12.1. The average Bonchev–Trinajstić information content (AvgIpc) is 2.81. The highest BCUT2D eigenvalue weighted by atomic mass is 32.2. The van der Waals surface area contributed by atoms with E-state index in [9.17, 15) is 34.8 Å². The molecule has 1 N–H and O–H groups in total. The van der Waals surface area contributed by atoms with Gasteiger partial charge < -0.3 is 14.2 Å². The van der Waals surface area contributed by atoms with Crippen LogP contribution in [0.5, 0.6) is 17.2 Å². The second kappa shape index (κ2) is 11.4. The summed E-state index contributed by atoms with van der Waals surface area (Å²) >= 11 is 0. The molecule has 0 heterocycles. The highest BCUT2D eigenvalue weighted by Crippen LogP contribution is 2.33. The fourth-order valence-electron chi connectivity index (χ4n) is 2.91. The number of carbonyl (C=O) groups is 1. The maximum Gasteiger partial charge on any atom is 0.516 e. The summed E-state index contributed by atoms with van der Waals surface area (Å²) in [6.45, 7) is 0. The molecule has 0 saturated heterocycles. The van der Waals surface area contributed by atoms with Gasteiger partial charge in [-0.2, -0.15) is 21.6 Å². The van der Waals surface area contributed by atoms with Gasteiger partial charge in [-0.15, -0.1) is 0 Å². The van der Waals surface area contributed by atoms with Crippen molar-refractivity contribution >= 4 is 37.5 Å². The maximum absolute atomic E-state index is 12.8. The van der Waals surface area contributed by atoms with Crippen molar-refractivity contribution in [2.75, 3.05) is 26.1 Å². The first-order valence-electron chi connectivity index (χ1n) is 9.70. The smallest absolute Gasteiger partial charge is 0.497 e. The number of carbonyl (C=O) groups excluding carboxylic acids is 1. The Morgan fingerprint density at radius 1 is 1.05 bits per heavy atom. The van der Waals surface area contributed by atoms with E-state index in [2.05, 4.69) is 10.0 Å².